The second-order valence-corrected chi connectivity index (χ2v) is 16.7. The first-order chi connectivity index (χ1) is 27.5. The van der Waals surface area contributed by atoms with Crippen molar-refractivity contribution in [2.24, 2.45) is 13.0 Å². The molecule has 1 saturated heterocycles. The summed E-state index contributed by atoms with van der Waals surface area (Å²) in [6.07, 6.45) is 12.4. The highest BCUT2D eigenvalue weighted by atomic mass is 35.5. The predicted molar refractivity (Wildman–Crippen MR) is 211 cm³/mol. The van der Waals surface area contributed by atoms with E-state index in [-0.39, 0.29) is 66.8 Å². The summed E-state index contributed by atoms with van der Waals surface area (Å²) in [4.78, 5) is 85.4. The number of halogens is 1. The molecule has 3 aromatic rings. The molecule has 3 fully saturated rings. The average molecular weight is 822 g/mol. The van der Waals surface area contributed by atoms with Crippen LogP contribution in [0, 0.1) is 5.92 Å². The van der Waals surface area contributed by atoms with Crippen molar-refractivity contribution in [2.45, 2.75) is 95.3 Å². The number of hydrogen-bond donors (Lipinski definition) is 6. The van der Waals surface area contributed by atoms with Crippen molar-refractivity contribution in [3.8, 4) is 11.3 Å². The molecule has 3 aromatic heterocycles. The number of hydrogen-bond acceptors (Lipinski definition) is 13. The van der Waals surface area contributed by atoms with Gasteiger partial charge in [0, 0.05) is 48.2 Å². The van der Waals surface area contributed by atoms with E-state index in [1.165, 1.54) is 12.8 Å². The summed E-state index contributed by atoms with van der Waals surface area (Å²) in [5.41, 5.74) is 3.03. The zero-order chi connectivity index (χ0) is 40.1. The molecule has 1 atom stereocenters. The predicted octanol–water partition coefficient (Wildman–Crippen LogP) is 2.06. The molecule has 304 valence electrons. The van der Waals surface area contributed by atoms with Crippen molar-refractivity contribution >= 4 is 64.3 Å². The van der Waals surface area contributed by atoms with Gasteiger partial charge < -0.3 is 26.6 Å². The van der Waals surface area contributed by atoms with Crippen molar-refractivity contribution in [3.63, 3.8) is 0 Å². The van der Waals surface area contributed by atoms with Gasteiger partial charge in [0.2, 0.25) is 29.6 Å². The Kier molecular flexibility index (Phi) is 12.9. The first kappa shape index (κ1) is 40.4. The summed E-state index contributed by atoms with van der Waals surface area (Å²) < 4.78 is 1.92. The van der Waals surface area contributed by atoms with Crippen molar-refractivity contribution in [1.29, 1.82) is 0 Å². The van der Waals surface area contributed by atoms with Crippen LogP contribution in [-0.2, 0) is 39.2 Å². The van der Waals surface area contributed by atoms with Crippen molar-refractivity contribution in [3.05, 3.63) is 44.5 Å². The summed E-state index contributed by atoms with van der Waals surface area (Å²) in [5.74, 6) is -1.22. The Bertz CT molecular complexity index is 1990. The second kappa shape index (κ2) is 18.2. The monoisotopic (exact) mass is 821 g/mol. The van der Waals surface area contributed by atoms with Gasteiger partial charge in [-0.25, -0.2) is 9.97 Å². The summed E-state index contributed by atoms with van der Waals surface area (Å²) in [5, 5.41) is 22.9. The maximum atomic E-state index is 12.9. The minimum absolute atomic E-state index is 0.0484. The highest BCUT2D eigenvalue weighted by Crippen LogP contribution is 2.37. The standard InChI is InChI=1S/C38H48ClN11O6S/c1-49-29(14-21-4-5-21)26(17-45-49)33-27(39)18-44-38(48-33)46-23-8-6-22(7-9-23)42-20-32(53)41-13-3-2-12-40-19-31(52)43-16-24-15-25-34(57-24)37(56)50(36(25)55)28-10-11-30(51)47-35(28)54/h15,17-18,21-23,28,40,42H,2-14,16,19-20H2,1H3,(H,41,53)(H,43,52)(H,44,46,48)(H,47,51,54). The van der Waals surface area contributed by atoms with Gasteiger partial charge in [0.15, 0.2) is 0 Å². The van der Waals surface area contributed by atoms with Gasteiger partial charge in [-0.1, -0.05) is 11.6 Å². The molecule has 6 N–H and O–H groups in total. The molecule has 0 bridgehead atoms. The Balaban J connectivity index is 0.722. The summed E-state index contributed by atoms with van der Waals surface area (Å²) in [7, 11) is 1.96. The van der Waals surface area contributed by atoms with Crippen molar-refractivity contribution in [2.75, 3.05) is 31.5 Å². The molecule has 4 aliphatic rings. The van der Waals surface area contributed by atoms with E-state index < -0.39 is 29.7 Å². The Morgan fingerprint density at radius 3 is 2.42 bits per heavy atom. The van der Waals surface area contributed by atoms with Crippen molar-refractivity contribution in [1.82, 2.24) is 51.2 Å². The Morgan fingerprint density at radius 1 is 0.912 bits per heavy atom. The van der Waals surface area contributed by atoms with Gasteiger partial charge in [-0.3, -0.25) is 43.7 Å². The van der Waals surface area contributed by atoms with Gasteiger partial charge in [0.1, 0.15) is 10.9 Å². The smallest absolute Gasteiger partial charge is 0.272 e. The van der Waals surface area contributed by atoms with Gasteiger partial charge in [-0.15, -0.1) is 11.3 Å². The van der Waals surface area contributed by atoms with E-state index in [1.807, 2.05) is 17.9 Å². The Labute approximate surface area is 338 Å². The summed E-state index contributed by atoms with van der Waals surface area (Å²) in [6.45, 7) is 1.64. The molecule has 2 saturated carbocycles. The number of nitrogens with zero attached hydrogens (tertiary/aromatic N) is 5. The molecule has 57 heavy (non-hydrogen) atoms. The lowest BCUT2D eigenvalue weighted by Gasteiger charge is -2.29. The molecule has 19 heteroatoms. The number of aryl methyl sites for hydroxylation is 1. The molecule has 0 radical (unpaired) electrons. The number of carbonyl (C=O) groups excluding carboxylic acids is 6. The van der Waals surface area contributed by atoms with Crippen LogP contribution in [0.2, 0.25) is 5.02 Å². The van der Waals surface area contributed by atoms with Gasteiger partial charge in [0.25, 0.3) is 11.8 Å². The average Bonchev–Trinajstić information content (AvgIpc) is 3.73. The molecule has 0 spiro atoms. The molecule has 2 aliphatic carbocycles. The highest BCUT2D eigenvalue weighted by Gasteiger charge is 2.46. The highest BCUT2D eigenvalue weighted by molar-refractivity contribution is 7.14. The third-order valence-corrected chi connectivity index (χ3v) is 12.3. The maximum Gasteiger partial charge on any atom is 0.272 e. The third kappa shape index (κ3) is 10.0. The van der Waals surface area contributed by atoms with E-state index in [4.69, 9.17) is 16.6 Å². The molecule has 5 heterocycles. The molecular formula is C38H48ClN11O6S. The van der Waals surface area contributed by atoms with E-state index in [0.717, 1.165) is 72.4 Å². The van der Waals surface area contributed by atoms with Crippen LogP contribution in [0.15, 0.2) is 18.5 Å². The number of thiophene rings is 1. The van der Waals surface area contributed by atoms with Crippen LogP contribution in [0.1, 0.15) is 94.8 Å². The fraction of sp³-hybridized carbons (Fsp3) is 0.553. The van der Waals surface area contributed by atoms with Crippen LogP contribution in [-0.4, -0.2) is 104 Å². The molecule has 6 amide bonds. The Morgan fingerprint density at radius 2 is 1.67 bits per heavy atom. The van der Waals surface area contributed by atoms with E-state index in [1.54, 1.807) is 12.3 Å². The minimum atomic E-state index is -1.01. The maximum absolute atomic E-state index is 12.9. The molecule has 7 rings (SSSR count). The topological polar surface area (TPSA) is 221 Å². The van der Waals surface area contributed by atoms with Gasteiger partial charge >= 0.3 is 0 Å². The Hall–Kier alpha value is -4.78. The third-order valence-electron chi connectivity index (χ3n) is 10.9. The van der Waals surface area contributed by atoms with Crippen LogP contribution in [0.5, 0.6) is 0 Å². The van der Waals surface area contributed by atoms with E-state index in [2.05, 4.69) is 42.0 Å². The molecule has 1 unspecified atom stereocenters. The number of carbonyl (C=O) groups is 6. The molecule has 17 nitrogen and oxygen atoms in total. The zero-order valence-corrected chi connectivity index (χ0v) is 33.4. The van der Waals surface area contributed by atoms with E-state index in [9.17, 15) is 28.8 Å². The number of fused-ring (bicyclic) bond motifs is 1. The van der Waals surface area contributed by atoms with Crippen LogP contribution >= 0.6 is 22.9 Å². The van der Waals surface area contributed by atoms with Crippen molar-refractivity contribution < 1.29 is 28.8 Å². The first-order valence-corrected chi connectivity index (χ1v) is 20.9. The SMILES string of the molecule is Cn1ncc(-c2nc(NC3CCC(NCC(=O)NCCCCNCC(=O)NCc4cc5c(s4)C(=O)N(C4CCC(=O)NC4=O)C5=O)CC3)ncc2Cl)c1CC1CC1. The van der Waals surface area contributed by atoms with Gasteiger partial charge in [-0.05, 0) is 82.7 Å². The first-order valence-electron chi connectivity index (χ1n) is 19.7. The number of nitrogens with one attached hydrogen (secondary N) is 6. The van der Waals surface area contributed by atoms with Crippen LogP contribution in [0.25, 0.3) is 11.3 Å². The number of piperidine rings is 1. The van der Waals surface area contributed by atoms with Gasteiger partial charge in [-0.2, -0.15) is 5.10 Å². The number of rotatable bonds is 18. The van der Waals surface area contributed by atoms with E-state index in [0.29, 0.717) is 40.5 Å². The van der Waals surface area contributed by atoms with Crippen LogP contribution in [0.3, 0.4) is 0 Å². The largest absolute Gasteiger partial charge is 0.355 e. The fourth-order valence-corrected chi connectivity index (χ4v) is 8.71. The lowest BCUT2D eigenvalue weighted by atomic mass is 9.91. The van der Waals surface area contributed by atoms with Crippen LogP contribution < -0.4 is 31.9 Å². The number of aromatic nitrogens is 4. The number of imide groups is 2. The lowest BCUT2D eigenvalue weighted by Crippen LogP contribution is -2.54. The summed E-state index contributed by atoms with van der Waals surface area (Å²) in [6, 6.07) is 1.04. The van der Waals surface area contributed by atoms with Crippen LogP contribution in [0.4, 0.5) is 5.95 Å². The quantitative estimate of drug-likeness (QED) is 0.0803. The molecular weight excluding hydrogens is 774 g/mol. The minimum Gasteiger partial charge on any atom is -0.355 e. The lowest BCUT2D eigenvalue weighted by molar-refractivity contribution is -0.136. The number of anilines is 1. The van der Waals surface area contributed by atoms with Gasteiger partial charge in [0.05, 0.1) is 48.3 Å². The normalized spacial score (nSPS) is 20.7. The molecule has 2 aliphatic heterocycles. The zero-order valence-electron chi connectivity index (χ0n) is 31.8. The molecule has 0 aromatic carbocycles. The second-order valence-electron chi connectivity index (χ2n) is 15.2. The fourth-order valence-electron chi connectivity index (χ4n) is 7.49. The van der Waals surface area contributed by atoms with E-state index >= 15 is 0 Å². The number of unbranched alkanes of at least 4 members (excludes halogenated alkanes) is 1. The summed E-state index contributed by atoms with van der Waals surface area (Å²) >= 11 is 7.65. The number of amides is 6.